The molecule has 7 heteroatoms. The number of nitrogens with zero attached hydrogens (tertiary/aromatic N) is 5. The molecule has 1 fully saturated rings. The van der Waals surface area contributed by atoms with Gasteiger partial charge in [0, 0.05) is 37.4 Å². The van der Waals surface area contributed by atoms with Gasteiger partial charge in [-0.2, -0.15) is 0 Å². The maximum atomic E-state index is 12.9. The summed E-state index contributed by atoms with van der Waals surface area (Å²) in [5, 5.41) is 8.71. The molecule has 1 aliphatic heterocycles. The van der Waals surface area contributed by atoms with Crippen LogP contribution in [0.2, 0.25) is 5.02 Å². The summed E-state index contributed by atoms with van der Waals surface area (Å²) in [6.45, 7) is 8.20. The molecule has 3 rings (SSSR count). The summed E-state index contributed by atoms with van der Waals surface area (Å²) in [4.78, 5) is 17.1. The monoisotopic (exact) mass is 347 g/mol. The van der Waals surface area contributed by atoms with Crippen LogP contribution in [0.4, 0.5) is 5.69 Å². The fourth-order valence-corrected chi connectivity index (χ4v) is 3.26. The fourth-order valence-electron chi connectivity index (χ4n) is 3.13. The number of carbonyl (C=O) groups excluding carboxylic acids is 1. The standard InChI is InChI=1S/C17H22ClN5O/c1-12-15(19-20-21(12)4)16(24)23-10-9-22(11-17(23,2)3)14-7-5-13(18)6-8-14/h5-8H,9-11H2,1-4H3. The second-order valence-electron chi connectivity index (χ2n) is 6.81. The molecule has 0 unspecified atom stereocenters. The Labute approximate surface area is 147 Å². The van der Waals surface area contributed by atoms with E-state index in [1.165, 1.54) is 0 Å². The molecule has 2 aromatic rings. The molecule has 1 amide bonds. The first-order chi connectivity index (χ1) is 11.3. The lowest BCUT2D eigenvalue weighted by atomic mass is 9.97. The largest absolute Gasteiger partial charge is 0.367 e. The molecule has 0 radical (unpaired) electrons. The first-order valence-corrected chi connectivity index (χ1v) is 8.36. The van der Waals surface area contributed by atoms with E-state index in [4.69, 9.17) is 11.6 Å². The Kier molecular flexibility index (Phi) is 4.25. The Bertz CT molecular complexity index is 753. The quantitative estimate of drug-likeness (QED) is 0.837. The lowest BCUT2D eigenvalue weighted by Crippen LogP contribution is -2.61. The van der Waals surface area contributed by atoms with Gasteiger partial charge in [-0.3, -0.25) is 9.48 Å². The Hall–Kier alpha value is -2.08. The van der Waals surface area contributed by atoms with Crippen LogP contribution in [0.25, 0.3) is 0 Å². The zero-order valence-electron chi connectivity index (χ0n) is 14.5. The lowest BCUT2D eigenvalue weighted by molar-refractivity contribution is 0.0507. The highest BCUT2D eigenvalue weighted by Gasteiger charge is 2.38. The van der Waals surface area contributed by atoms with Gasteiger partial charge in [-0.25, -0.2) is 0 Å². The van der Waals surface area contributed by atoms with E-state index < -0.39 is 0 Å². The third kappa shape index (κ3) is 2.98. The fraction of sp³-hybridized carbons (Fsp3) is 0.471. The van der Waals surface area contributed by atoms with Crippen LogP contribution >= 0.6 is 11.6 Å². The highest BCUT2D eigenvalue weighted by atomic mass is 35.5. The van der Waals surface area contributed by atoms with Gasteiger partial charge in [0.05, 0.1) is 11.2 Å². The number of benzene rings is 1. The number of halogens is 1. The zero-order valence-corrected chi connectivity index (χ0v) is 15.2. The number of hydrogen-bond donors (Lipinski definition) is 0. The molecular weight excluding hydrogens is 326 g/mol. The molecule has 0 bridgehead atoms. The summed E-state index contributed by atoms with van der Waals surface area (Å²) in [5.74, 6) is -0.0543. The molecule has 1 aromatic heterocycles. The van der Waals surface area contributed by atoms with Crippen LogP contribution in [0.1, 0.15) is 30.0 Å². The first kappa shape index (κ1) is 16.8. The maximum absolute atomic E-state index is 12.9. The molecule has 0 atom stereocenters. The van der Waals surface area contributed by atoms with Crippen molar-refractivity contribution in [2.75, 3.05) is 24.5 Å². The second kappa shape index (κ2) is 6.09. The predicted octanol–water partition coefficient (Wildman–Crippen LogP) is 2.52. The second-order valence-corrected chi connectivity index (χ2v) is 7.25. The third-order valence-corrected chi connectivity index (χ3v) is 4.90. The van der Waals surface area contributed by atoms with E-state index in [1.54, 1.807) is 11.7 Å². The van der Waals surface area contributed by atoms with Crippen LogP contribution in [0.3, 0.4) is 0 Å². The number of carbonyl (C=O) groups is 1. The Morgan fingerprint density at radius 1 is 1.21 bits per heavy atom. The summed E-state index contributed by atoms with van der Waals surface area (Å²) >= 11 is 5.97. The van der Waals surface area contributed by atoms with Gasteiger partial charge in [0.1, 0.15) is 0 Å². The number of anilines is 1. The summed E-state index contributed by atoms with van der Waals surface area (Å²) in [6.07, 6.45) is 0. The summed E-state index contributed by atoms with van der Waals surface area (Å²) < 4.78 is 1.63. The van der Waals surface area contributed by atoms with Crippen molar-refractivity contribution < 1.29 is 4.79 Å². The van der Waals surface area contributed by atoms with Crippen LogP contribution in [-0.4, -0.2) is 51.0 Å². The van der Waals surface area contributed by atoms with E-state index in [1.807, 2.05) is 36.1 Å². The molecule has 0 spiro atoms. The Morgan fingerprint density at radius 3 is 2.42 bits per heavy atom. The average molecular weight is 348 g/mol. The number of amides is 1. The Morgan fingerprint density at radius 2 is 1.88 bits per heavy atom. The van der Waals surface area contributed by atoms with Crippen molar-refractivity contribution in [1.82, 2.24) is 19.9 Å². The van der Waals surface area contributed by atoms with Crippen molar-refractivity contribution in [3.8, 4) is 0 Å². The van der Waals surface area contributed by atoms with Crippen molar-refractivity contribution in [3.63, 3.8) is 0 Å². The molecular formula is C17H22ClN5O. The number of piperazine rings is 1. The SMILES string of the molecule is Cc1c(C(=O)N2CCN(c3ccc(Cl)cc3)CC2(C)C)nnn1C. The van der Waals surface area contributed by atoms with Gasteiger partial charge in [-0.05, 0) is 45.0 Å². The highest BCUT2D eigenvalue weighted by molar-refractivity contribution is 6.30. The summed E-state index contributed by atoms with van der Waals surface area (Å²) in [5.41, 5.74) is 2.04. The maximum Gasteiger partial charge on any atom is 0.276 e. The van der Waals surface area contributed by atoms with Crippen LogP contribution in [-0.2, 0) is 7.05 Å². The highest BCUT2D eigenvalue weighted by Crippen LogP contribution is 2.28. The van der Waals surface area contributed by atoms with E-state index in [2.05, 4.69) is 29.1 Å². The van der Waals surface area contributed by atoms with E-state index in [-0.39, 0.29) is 11.4 Å². The number of aryl methyl sites for hydroxylation is 1. The van der Waals surface area contributed by atoms with Gasteiger partial charge in [-0.1, -0.05) is 16.8 Å². The summed E-state index contributed by atoms with van der Waals surface area (Å²) in [6, 6.07) is 7.82. The van der Waals surface area contributed by atoms with Gasteiger partial charge in [-0.15, -0.1) is 5.10 Å². The lowest BCUT2D eigenvalue weighted by Gasteiger charge is -2.47. The van der Waals surface area contributed by atoms with Crippen molar-refractivity contribution in [2.45, 2.75) is 26.3 Å². The molecule has 1 saturated heterocycles. The minimum absolute atomic E-state index is 0.0543. The zero-order chi connectivity index (χ0) is 17.5. The van der Waals surface area contributed by atoms with Gasteiger partial charge < -0.3 is 9.80 Å². The molecule has 1 aromatic carbocycles. The van der Waals surface area contributed by atoms with Gasteiger partial charge in [0.2, 0.25) is 0 Å². The van der Waals surface area contributed by atoms with Crippen LogP contribution in [0.15, 0.2) is 24.3 Å². The predicted molar refractivity (Wildman–Crippen MR) is 94.5 cm³/mol. The topological polar surface area (TPSA) is 54.3 Å². The Balaban J connectivity index is 1.80. The molecule has 24 heavy (non-hydrogen) atoms. The molecule has 128 valence electrons. The van der Waals surface area contributed by atoms with Gasteiger partial charge in [0.25, 0.3) is 5.91 Å². The summed E-state index contributed by atoms with van der Waals surface area (Å²) in [7, 11) is 1.79. The van der Waals surface area contributed by atoms with Crippen LogP contribution < -0.4 is 4.90 Å². The smallest absolute Gasteiger partial charge is 0.276 e. The molecule has 6 nitrogen and oxygen atoms in total. The van der Waals surface area contributed by atoms with Crippen molar-refractivity contribution in [2.24, 2.45) is 7.05 Å². The first-order valence-electron chi connectivity index (χ1n) is 7.98. The van der Waals surface area contributed by atoms with E-state index in [0.717, 1.165) is 29.5 Å². The molecule has 0 N–H and O–H groups in total. The van der Waals surface area contributed by atoms with Crippen molar-refractivity contribution >= 4 is 23.2 Å². The number of rotatable bonds is 2. The van der Waals surface area contributed by atoms with Gasteiger partial charge >= 0.3 is 0 Å². The molecule has 2 heterocycles. The molecule has 0 saturated carbocycles. The van der Waals surface area contributed by atoms with E-state index in [9.17, 15) is 4.79 Å². The van der Waals surface area contributed by atoms with Crippen LogP contribution in [0.5, 0.6) is 0 Å². The minimum Gasteiger partial charge on any atom is -0.367 e. The van der Waals surface area contributed by atoms with E-state index in [0.29, 0.717) is 12.2 Å². The van der Waals surface area contributed by atoms with Crippen molar-refractivity contribution in [1.29, 1.82) is 0 Å². The minimum atomic E-state index is -0.307. The number of hydrogen-bond acceptors (Lipinski definition) is 4. The third-order valence-electron chi connectivity index (χ3n) is 4.65. The molecule has 0 aliphatic carbocycles. The van der Waals surface area contributed by atoms with Gasteiger partial charge in [0.15, 0.2) is 5.69 Å². The average Bonchev–Trinajstić information content (AvgIpc) is 2.86. The van der Waals surface area contributed by atoms with Crippen LogP contribution in [0, 0.1) is 6.92 Å². The number of aromatic nitrogens is 3. The normalized spacial score (nSPS) is 17.2. The van der Waals surface area contributed by atoms with E-state index >= 15 is 0 Å². The van der Waals surface area contributed by atoms with Crippen molar-refractivity contribution in [3.05, 3.63) is 40.7 Å². The molecule has 1 aliphatic rings.